The zero-order valence-corrected chi connectivity index (χ0v) is 22.5. The van der Waals surface area contributed by atoms with Crippen molar-refractivity contribution >= 4 is 39.3 Å². The Kier molecular flexibility index (Phi) is 8.45. The molecule has 2 aliphatic heterocycles. The first kappa shape index (κ1) is 29.1. The lowest BCUT2D eigenvalue weighted by atomic mass is 9.89. The van der Waals surface area contributed by atoms with E-state index >= 15 is 0 Å². The van der Waals surface area contributed by atoms with Gasteiger partial charge >= 0.3 is 6.36 Å². The van der Waals surface area contributed by atoms with Gasteiger partial charge in [0.1, 0.15) is 11.6 Å². The second kappa shape index (κ2) is 11.3. The first-order valence-corrected chi connectivity index (χ1v) is 13.7. The number of alkyl halides is 3. The molecule has 1 amide bonds. The molecule has 0 aliphatic carbocycles. The number of sulfonamides is 1. The lowest BCUT2D eigenvalue weighted by Crippen LogP contribution is -2.60. The quantitative estimate of drug-likeness (QED) is 0.377. The van der Waals surface area contributed by atoms with Gasteiger partial charge in [-0.25, -0.2) is 17.1 Å². The van der Waals surface area contributed by atoms with Crippen LogP contribution in [0, 0.1) is 5.82 Å². The zero-order valence-electron chi connectivity index (χ0n) is 20.9. The van der Waals surface area contributed by atoms with E-state index in [1.165, 1.54) is 26.2 Å². The van der Waals surface area contributed by atoms with E-state index in [0.717, 1.165) is 34.3 Å². The van der Waals surface area contributed by atoms with Crippen molar-refractivity contribution in [2.24, 2.45) is 0 Å². The topological polar surface area (TPSA) is 88.2 Å². The van der Waals surface area contributed by atoms with Crippen molar-refractivity contribution in [2.75, 3.05) is 32.6 Å². The predicted octanol–water partition coefficient (Wildman–Crippen LogP) is 4.51. The molecule has 4 rings (SSSR count). The second-order valence-electron chi connectivity index (χ2n) is 9.40. The summed E-state index contributed by atoms with van der Waals surface area (Å²) in [6.45, 7) is 0.560. The number of amides is 1. The van der Waals surface area contributed by atoms with Crippen molar-refractivity contribution in [1.82, 2.24) is 9.21 Å². The molecule has 0 radical (unpaired) electrons. The Morgan fingerprint density at radius 2 is 1.77 bits per heavy atom. The van der Waals surface area contributed by atoms with Gasteiger partial charge in [-0.05, 0) is 60.9 Å². The number of carbonyl (C=O) groups excluding carboxylic acids is 1. The Balaban J connectivity index is 1.58. The SMILES string of the molecule is CN(C)S(=O)(=O)c1cc(Cl)c(OC(F)(F)F)cc1/C=C/C(=O)N1[C@@H]2COC[C@H]1CC(Nc1ccc(F)cc1)C2. The van der Waals surface area contributed by atoms with E-state index in [1.54, 1.807) is 17.0 Å². The molecule has 2 fully saturated rings. The van der Waals surface area contributed by atoms with Crippen LogP contribution in [0.3, 0.4) is 0 Å². The first-order valence-electron chi connectivity index (χ1n) is 11.9. The molecular weight excluding hydrogens is 566 g/mol. The Hall–Kier alpha value is -2.87. The van der Waals surface area contributed by atoms with E-state index in [1.807, 2.05) is 0 Å². The minimum atomic E-state index is -5.06. The van der Waals surface area contributed by atoms with Gasteiger partial charge < -0.3 is 19.7 Å². The summed E-state index contributed by atoms with van der Waals surface area (Å²) in [5.41, 5.74) is 0.546. The van der Waals surface area contributed by atoms with E-state index < -0.39 is 33.1 Å². The van der Waals surface area contributed by atoms with E-state index in [0.29, 0.717) is 12.8 Å². The third kappa shape index (κ3) is 6.83. The summed E-state index contributed by atoms with van der Waals surface area (Å²) < 4.78 is 88.0. The summed E-state index contributed by atoms with van der Waals surface area (Å²) in [5, 5.41) is 2.79. The molecule has 14 heteroatoms. The minimum Gasteiger partial charge on any atom is -0.404 e. The van der Waals surface area contributed by atoms with Crippen LogP contribution in [0.15, 0.2) is 47.4 Å². The molecule has 2 aromatic rings. The van der Waals surface area contributed by atoms with Crippen LogP contribution in [0.25, 0.3) is 6.08 Å². The zero-order chi connectivity index (χ0) is 28.5. The fourth-order valence-corrected chi connectivity index (χ4v) is 6.08. The van der Waals surface area contributed by atoms with E-state index in [2.05, 4.69) is 10.1 Å². The molecule has 1 unspecified atom stereocenters. The van der Waals surface area contributed by atoms with Crippen LogP contribution < -0.4 is 10.1 Å². The van der Waals surface area contributed by atoms with Crippen LogP contribution in [-0.4, -0.2) is 75.3 Å². The minimum absolute atomic E-state index is 0.00225. The number of benzene rings is 2. The van der Waals surface area contributed by atoms with Crippen LogP contribution in [-0.2, 0) is 19.6 Å². The van der Waals surface area contributed by atoms with Gasteiger partial charge in [0.2, 0.25) is 15.9 Å². The maximum atomic E-state index is 13.3. The van der Waals surface area contributed by atoms with E-state index in [9.17, 15) is 30.8 Å². The van der Waals surface area contributed by atoms with Gasteiger partial charge in [-0.2, -0.15) is 0 Å². The molecule has 1 N–H and O–H groups in total. The van der Waals surface area contributed by atoms with Gasteiger partial charge in [0.05, 0.1) is 35.2 Å². The number of hydrogen-bond donors (Lipinski definition) is 1. The number of hydrogen-bond acceptors (Lipinski definition) is 6. The van der Waals surface area contributed by atoms with Crippen LogP contribution in [0.4, 0.5) is 23.2 Å². The highest BCUT2D eigenvalue weighted by Gasteiger charge is 2.41. The van der Waals surface area contributed by atoms with Crippen LogP contribution in [0.2, 0.25) is 5.02 Å². The normalized spacial score (nSPS) is 21.8. The average molecular weight is 592 g/mol. The Morgan fingerprint density at radius 1 is 1.15 bits per heavy atom. The highest BCUT2D eigenvalue weighted by molar-refractivity contribution is 7.89. The maximum Gasteiger partial charge on any atom is 0.573 e. The summed E-state index contributed by atoms with van der Waals surface area (Å²) in [7, 11) is -1.62. The number of carbonyl (C=O) groups is 1. The summed E-state index contributed by atoms with van der Waals surface area (Å²) in [4.78, 5) is 14.5. The fourth-order valence-electron chi connectivity index (χ4n) is 4.73. The monoisotopic (exact) mass is 591 g/mol. The van der Waals surface area contributed by atoms with Crippen LogP contribution in [0.5, 0.6) is 5.75 Å². The molecule has 0 spiro atoms. The Bertz CT molecular complexity index is 1340. The largest absolute Gasteiger partial charge is 0.573 e. The Morgan fingerprint density at radius 3 is 2.33 bits per heavy atom. The number of nitrogens with zero attached hydrogens (tertiary/aromatic N) is 2. The molecular formula is C25H26ClF4N3O5S. The summed E-state index contributed by atoms with van der Waals surface area (Å²) in [6.07, 6.45) is -1.73. The van der Waals surface area contributed by atoms with Crippen molar-refractivity contribution < 1.29 is 40.2 Å². The van der Waals surface area contributed by atoms with Gasteiger partial charge in [-0.15, -0.1) is 13.2 Å². The third-order valence-corrected chi connectivity index (χ3v) is 8.61. The molecule has 0 aromatic heterocycles. The lowest BCUT2D eigenvalue weighted by molar-refractivity contribution is -0.274. The van der Waals surface area contributed by atoms with Crippen molar-refractivity contribution in [3.63, 3.8) is 0 Å². The second-order valence-corrected chi connectivity index (χ2v) is 11.9. The van der Waals surface area contributed by atoms with Crippen molar-refractivity contribution in [2.45, 2.75) is 42.2 Å². The number of fused-ring (bicyclic) bond motifs is 2. The first-order chi connectivity index (χ1) is 18.2. The molecule has 2 bridgehead atoms. The number of rotatable bonds is 7. The fraction of sp³-hybridized carbons (Fsp3) is 0.400. The number of morpholine rings is 1. The number of piperidine rings is 1. The smallest absolute Gasteiger partial charge is 0.404 e. The standard InChI is InChI=1S/C25H26ClF4N3O5S/c1-32(2)39(35,36)23-12-21(26)22(38-25(28,29)30)9-15(23)3-8-24(34)33-19-10-18(11-20(33)14-37-13-19)31-17-6-4-16(27)5-7-17/h3-9,12,18-20,31H,10-11,13-14H2,1-2H3/b8-3+/t18?,19-,20+. The summed E-state index contributed by atoms with van der Waals surface area (Å²) in [6, 6.07) is 7.05. The van der Waals surface area contributed by atoms with Crippen molar-refractivity contribution in [3.05, 3.63) is 58.9 Å². The van der Waals surface area contributed by atoms with Gasteiger partial charge in [-0.3, -0.25) is 4.79 Å². The van der Waals surface area contributed by atoms with E-state index in [4.69, 9.17) is 16.3 Å². The highest BCUT2D eigenvalue weighted by Crippen LogP contribution is 2.36. The van der Waals surface area contributed by atoms with Gasteiger partial charge in [0, 0.05) is 31.9 Å². The number of anilines is 1. The summed E-state index contributed by atoms with van der Waals surface area (Å²) >= 11 is 5.90. The molecule has 212 valence electrons. The predicted molar refractivity (Wildman–Crippen MR) is 136 cm³/mol. The number of ether oxygens (including phenoxy) is 2. The van der Waals surface area contributed by atoms with Gasteiger partial charge in [-0.1, -0.05) is 11.6 Å². The summed E-state index contributed by atoms with van der Waals surface area (Å²) in [5.74, 6) is -1.60. The lowest BCUT2D eigenvalue weighted by Gasteiger charge is -2.48. The molecule has 2 aliphatic rings. The van der Waals surface area contributed by atoms with Crippen LogP contribution in [0.1, 0.15) is 18.4 Å². The molecule has 2 saturated heterocycles. The molecule has 8 nitrogen and oxygen atoms in total. The number of nitrogens with one attached hydrogen (secondary N) is 1. The average Bonchev–Trinajstić information content (AvgIpc) is 2.84. The van der Waals surface area contributed by atoms with Crippen molar-refractivity contribution in [1.29, 1.82) is 0 Å². The third-order valence-electron chi connectivity index (χ3n) is 6.44. The van der Waals surface area contributed by atoms with Crippen LogP contribution >= 0.6 is 11.6 Å². The van der Waals surface area contributed by atoms with Gasteiger partial charge in [0.15, 0.2) is 0 Å². The maximum absolute atomic E-state index is 13.3. The molecule has 3 atom stereocenters. The molecule has 39 heavy (non-hydrogen) atoms. The van der Waals surface area contributed by atoms with Crippen molar-refractivity contribution in [3.8, 4) is 5.75 Å². The molecule has 2 aromatic carbocycles. The molecule has 0 saturated carbocycles. The molecule has 2 heterocycles. The Labute approximate surface area is 228 Å². The number of halogens is 5. The highest BCUT2D eigenvalue weighted by atomic mass is 35.5. The van der Waals surface area contributed by atoms with Gasteiger partial charge in [0.25, 0.3) is 0 Å². The van der Waals surface area contributed by atoms with E-state index in [-0.39, 0.29) is 47.6 Å².